The Morgan fingerprint density at radius 2 is 2.10 bits per heavy atom. The number of aryl methyl sites for hydroxylation is 2. The van der Waals surface area contributed by atoms with E-state index in [0.717, 1.165) is 11.4 Å². The molecule has 2 heterocycles. The van der Waals surface area contributed by atoms with Crippen molar-refractivity contribution in [2.24, 2.45) is 0 Å². The standard InChI is InChI=1S/C13H20N6O.ClH/c1-8-5-10(3)19-13(16-8)17-11(18-19)6-12(20)15-7-9(2)14-4;/h5,9,14H,6-7H2,1-4H3,(H,15,20);1H. The summed E-state index contributed by atoms with van der Waals surface area (Å²) < 4.78 is 1.66. The number of carbonyl (C=O) groups is 1. The molecule has 0 fully saturated rings. The highest BCUT2D eigenvalue weighted by molar-refractivity contribution is 5.85. The predicted octanol–water partition coefficient (Wildman–Crippen LogP) is 0.430. The SMILES string of the molecule is CNC(C)CNC(=O)Cc1nc2nc(C)cc(C)n2n1.Cl. The quantitative estimate of drug-likeness (QED) is 0.836. The Bertz CT molecular complexity index is 626. The number of aromatic nitrogens is 4. The third-order valence-electron chi connectivity index (χ3n) is 3.08. The number of nitrogens with zero attached hydrogens (tertiary/aromatic N) is 4. The highest BCUT2D eigenvalue weighted by Gasteiger charge is 2.12. The summed E-state index contributed by atoms with van der Waals surface area (Å²) in [7, 11) is 1.86. The van der Waals surface area contributed by atoms with Gasteiger partial charge in [0.15, 0.2) is 5.82 Å². The molecule has 21 heavy (non-hydrogen) atoms. The molecule has 7 nitrogen and oxygen atoms in total. The zero-order chi connectivity index (χ0) is 14.7. The van der Waals surface area contributed by atoms with Crippen molar-refractivity contribution in [2.45, 2.75) is 33.2 Å². The number of carbonyl (C=O) groups excluding carboxylic acids is 1. The molecular formula is C13H21ClN6O. The van der Waals surface area contributed by atoms with Crippen LogP contribution in [-0.4, -0.2) is 45.1 Å². The van der Waals surface area contributed by atoms with Crippen molar-refractivity contribution < 1.29 is 4.79 Å². The second kappa shape index (κ2) is 7.33. The molecule has 2 aromatic heterocycles. The molecule has 0 saturated heterocycles. The van der Waals surface area contributed by atoms with Crippen molar-refractivity contribution in [3.8, 4) is 0 Å². The summed E-state index contributed by atoms with van der Waals surface area (Å²) in [5, 5.41) is 10.2. The minimum absolute atomic E-state index is 0. The molecule has 1 atom stereocenters. The first-order valence-electron chi connectivity index (χ1n) is 6.63. The molecule has 2 aromatic rings. The highest BCUT2D eigenvalue weighted by atomic mass is 35.5. The van der Waals surface area contributed by atoms with Crippen molar-refractivity contribution in [3.63, 3.8) is 0 Å². The maximum Gasteiger partial charge on any atom is 0.252 e. The zero-order valence-electron chi connectivity index (χ0n) is 12.7. The van der Waals surface area contributed by atoms with Crippen LogP contribution in [0.4, 0.5) is 0 Å². The van der Waals surface area contributed by atoms with E-state index in [0.29, 0.717) is 18.1 Å². The van der Waals surface area contributed by atoms with Gasteiger partial charge in [0.05, 0.1) is 6.42 Å². The van der Waals surface area contributed by atoms with Gasteiger partial charge in [-0.05, 0) is 33.9 Å². The third-order valence-corrected chi connectivity index (χ3v) is 3.08. The van der Waals surface area contributed by atoms with Crippen LogP contribution in [0.25, 0.3) is 5.78 Å². The summed E-state index contributed by atoms with van der Waals surface area (Å²) in [5.41, 5.74) is 1.84. The number of hydrogen-bond acceptors (Lipinski definition) is 5. The van der Waals surface area contributed by atoms with Crippen LogP contribution in [0, 0.1) is 13.8 Å². The maximum absolute atomic E-state index is 11.8. The molecule has 1 unspecified atom stereocenters. The summed E-state index contributed by atoms with van der Waals surface area (Å²) in [6.45, 7) is 6.43. The lowest BCUT2D eigenvalue weighted by molar-refractivity contribution is -0.120. The van der Waals surface area contributed by atoms with Gasteiger partial charge in [-0.25, -0.2) is 9.50 Å². The lowest BCUT2D eigenvalue weighted by atomic mass is 10.3. The van der Waals surface area contributed by atoms with E-state index in [9.17, 15) is 4.79 Å². The Morgan fingerprint density at radius 3 is 2.76 bits per heavy atom. The fourth-order valence-corrected chi connectivity index (χ4v) is 1.86. The molecule has 0 spiro atoms. The second-order valence-electron chi connectivity index (χ2n) is 4.95. The van der Waals surface area contributed by atoms with Crippen LogP contribution in [-0.2, 0) is 11.2 Å². The number of halogens is 1. The van der Waals surface area contributed by atoms with Gasteiger partial charge in [0, 0.05) is 24.0 Å². The van der Waals surface area contributed by atoms with Gasteiger partial charge in [-0.15, -0.1) is 17.5 Å². The summed E-state index contributed by atoms with van der Waals surface area (Å²) >= 11 is 0. The van der Waals surface area contributed by atoms with E-state index < -0.39 is 0 Å². The Morgan fingerprint density at radius 1 is 1.38 bits per heavy atom. The Labute approximate surface area is 130 Å². The van der Waals surface area contributed by atoms with Gasteiger partial charge < -0.3 is 10.6 Å². The zero-order valence-corrected chi connectivity index (χ0v) is 13.5. The van der Waals surface area contributed by atoms with Crippen LogP contribution in [0.5, 0.6) is 0 Å². The summed E-state index contributed by atoms with van der Waals surface area (Å²) in [5.74, 6) is 0.937. The topological polar surface area (TPSA) is 84.2 Å². The Balaban J connectivity index is 0.00000220. The van der Waals surface area contributed by atoms with Gasteiger partial charge in [0.1, 0.15) is 0 Å². The molecule has 0 aliphatic heterocycles. The van der Waals surface area contributed by atoms with Gasteiger partial charge in [-0.2, -0.15) is 4.98 Å². The molecule has 0 aliphatic carbocycles. The molecule has 2 N–H and O–H groups in total. The number of rotatable bonds is 5. The maximum atomic E-state index is 11.8. The fraction of sp³-hybridized carbons (Fsp3) is 0.538. The minimum atomic E-state index is -0.0858. The normalized spacial score (nSPS) is 12.0. The smallest absolute Gasteiger partial charge is 0.252 e. The first-order valence-corrected chi connectivity index (χ1v) is 6.63. The van der Waals surface area contributed by atoms with Crippen molar-refractivity contribution in [3.05, 3.63) is 23.3 Å². The number of nitrogens with one attached hydrogen (secondary N) is 2. The van der Waals surface area contributed by atoms with E-state index in [2.05, 4.69) is 25.7 Å². The molecule has 0 aromatic carbocycles. The Kier molecular flexibility index (Phi) is 6.04. The van der Waals surface area contributed by atoms with Gasteiger partial charge in [0.25, 0.3) is 5.78 Å². The number of amides is 1. The molecule has 0 saturated carbocycles. The van der Waals surface area contributed by atoms with E-state index in [1.54, 1.807) is 4.52 Å². The largest absolute Gasteiger partial charge is 0.354 e. The van der Waals surface area contributed by atoms with Crippen LogP contribution in [0.3, 0.4) is 0 Å². The Hall–Kier alpha value is -1.73. The minimum Gasteiger partial charge on any atom is -0.354 e. The van der Waals surface area contributed by atoms with Crippen molar-refractivity contribution >= 4 is 24.1 Å². The van der Waals surface area contributed by atoms with Gasteiger partial charge in [-0.1, -0.05) is 0 Å². The summed E-state index contributed by atoms with van der Waals surface area (Å²) in [6.07, 6.45) is 0.165. The molecule has 0 aliphatic rings. The molecule has 8 heteroatoms. The monoisotopic (exact) mass is 312 g/mol. The number of likely N-dealkylation sites (N-methyl/N-ethyl adjacent to an activating group) is 1. The van der Waals surface area contributed by atoms with Crippen LogP contribution < -0.4 is 10.6 Å². The second-order valence-corrected chi connectivity index (χ2v) is 4.95. The number of hydrogen-bond donors (Lipinski definition) is 2. The van der Waals surface area contributed by atoms with Crippen molar-refractivity contribution in [1.82, 2.24) is 30.2 Å². The van der Waals surface area contributed by atoms with Crippen LogP contribution in [0.2, 0.25) is 0 Å². The molecule has 1 amide bonds. The first-order chi connectivity index (χ1) is 9.49. The molecule has 2 rings (SSSR count). The van der Waals surface area contributed by atoms with E-state index in [1.165, 1.54) is 0 Å². The summed E-state index contributed by atoms with van der Waals surface area (Å²) in [6, 6.07) is 2.17. The highest BCUT2D eigenvalue weighted by Crippen LogP contribution is 2.05. The lowest BCUT2D eigenvalue weighted by Crippen LogP contribution is -2.37. The predicted molar refractivity (Wildman–Crippen MR) is 82.7 cm³/mol. The van der Waals surface area contributed by atoms with Gasteiger partial charge in [0.2, 0.25) is 5.91 Å². The third kappa shape index (κ3) is 4.37. The summed E-state index contributed by atoms with van der Waals surface area (Å²) in [4.78, 5) is 20.4. The first kappa shape index (κ1) is 17.3. The van der Waals surface area contributed by atoms with E-state index in [1.807, 2.05) is 33.9 Å². The van der Waals surface area contributed by atoms with Gasteiger partial charge >= 0.3 is 0 Å². The van der Waals surface area contributed by atoms with E-state index in [4.69, 9.17) is 0 Å². The van der Waals surface area contributed by atoms with E-state index in [-0.39, 0.29) is 30.8 Å². The van der Waals surface area contributed by atoms with Crippen molar-refractivity contribution in [1.29, 1.82) is 0 Å². The molecule has 116 valence electrons. The average molecular weight is 313 g/mol. The molecule has 0 radical (unpaired) electrons. The van der Waals surface area contributed by atoms with Crippen molar-refractivity contribution in [2.75, 3.05) is 13.6 Å². The van der Waals surface area contributed by atoms with E-state index >= 15 is 0 Å². The van der Waals surface area contributed by atoms with Crippen LogP contribution >= 0.6 is 12.4 Å². The average Bonchev–Trinajstić information content (AvgIpc) is 2.78. The fourth-order valence-electron chi connectivity index (χ4n) is 1.86. The van der Waals surface area contributed by atoms with Crippen LogP contribution in [0.15, 0.2) is 6.07 Å². The molecular weight excluding hydrogens is 292 g/mol. The van der Waals surface area contributed by atoms with Gasteiger partial charge in [-0.3, -0.25) is 4.79 Å². The number of fused-ring (bicyclic) bond motifs is 1. The van der Waals surface area contributed by atoms with Crippen LogP contribution in [0.1, 0.15) is 24.1 Å². The molecule has 0 bridgehead atoms. The lowest BCUT2D eigenvalue weighted by Gasteiger charge is -2.10.